The molecule has 0 aromatic heterocycles. The van der Waals surface area contributed by atoms with Crippen molar-refractivity contribution in [2.75, 3.05) is 26.0 Å². The molecule has 8 heteroatoms. The second-order valence-electron chi connectivity index (χ2n) is 4.24. The Balaban J connectivity index is 2.61. The molecule has 18 heavy (non-hydrogen) atoms. The number of piperidine rings is 1. The van der Waals surface area contributed by atoms with Crippen LogP contribution in [0.4, 0.5) is 0 Å². The Morgan fingerprint density at radius 1 is 1.56 bits per heavy atom. The summed E-state index contributed by atoms with van der Waals surface area (Å²) in [6, 6.07) is 0. The molecule has 0 aromatic carbocycles. The lowest BCUT2D eigenvalue weighted by atomic mass is 10.0. The number of carbonyl (C=O) groups is 1. The van der Waals surface area contributed by atoms with Crippen molar-refractivity contribution < 1.29 is 17.9 Å². The summed E-state index contributed by atoms with van der Waals surface area (Å²) in [4.78, 5) is 11.3. The average Bonchev–Trinajstić information content (AvgIpc) is 2.36. The molecule has 1 aliphatic rings. The van der Waals surface area contributed by atoms with Crippen LogP contribution in [-0.2, 0) is 19.6 Å². The number of esters is 1. The summed E-state index contributed by atoms with van der Waals surface area (Å²) < 4.78 is 29.8. The zero-order valence-corrected chi connectivity index (χ0v) is 11.9. The van der Waals surface area contributed by atoms with E-state index in [4.69, 9.17) is 18.0 Å². The highest BCUT2D eigenvalue weighted by Gasteiger charge is 2.30. The van der Waals surface area contributed by atoms with Crippen LogP contribution in [0.1, 0.15) is 19.3 Å². The smallest absolute Gasteiger partial charge is 0.306 e. The lowest BCUT2D eigenvalue weighted by molar-refractivity contribution is -0.140. The number of sulfonamides is 1. The van der Waals surface area contributed by atoms with Crippen LogP contribution in [0, 0.1) is 5.92 Å². The summed E-state index contributed by atoms with van der Waals surface area (Å²) in [6.07, 6.45) is 1.42. The van der Waals surface area contributed by atoms with Crippen molar-refractivity contribution in [3.8, 4) is 0 Å². The van der Waals surface area contributed by atoms with Crippen LogP contribution in [0.2, 0.25) is 0 Å². The molecule has 6 nitrogen and oxygen atoms in total. The Labute approximate surface area is 113 Å². The minimum absolute atomic E-state index is 0.0679. The molecule has 0 spiro atoms. The third kappa shape index (κ3) is 4.18. The summed E-state index contributed by atoms with van der Waals surface area (Å²) in [7, 11) is -2.20. The second-order valence-corrected chi connectivity index (χ2v) is 6.80. The molecule has 0 saturated carbocycles. The van der Waals surface area contributed by atoms with E-state index in [1.807, 2.05) is 0 Å². The number of thiocarbonyl (C=S) groups is 1. The highest BCUT2D eigenvalue weighted by Crippen LogP contribution is 2.20. The summed E-state index contributed by atoms with van der Waals surface area (Å²) in [6.45, 7) is 0.779. The van der Waals surface area contributed by atoms with Gasteiger partial charge in [-0.05, 0) is 12.8 Å². The first-order valence-electron chi connectivity index (χ1n) is 5.71. The van der Waals surface area contributed by atoms with Gasteiger partial charge in [0.05, 0.1) is 24.3 Å². The number of carbonyl (C=O) groups excluding carboxylic acids is 1. The van der Waals surface area contributed by atoms with Crippen LogP contribution in [0.5, 0.6) is 0 Å². The Bertz CT molecular complexity index is 422. The molecule has 1 atom stereocenters. The maximum atomic E-state index is 12.0. The van der Waals surface area contributed by atoms with Crippen LogP contribution >= 0.6 is 12.2 Å². The van der Waals surface area contributed by atoms with Crippen LogP contribution in [0.15, 0.2) is 0 Å². The van der Waals surface area contributed by atoms with Gasteiger partial charge in [-0.15, -0.1) is 0 Å². The molecule has 1 fully saturated rings. The van der Waals surface area contributed by atoms with Gasteiger partial charge in [-0.2, -0.15) is 0 Å². The van der Waals surface area contributed by atoms with Gasteiger partial charge in [0.1, 0.15) is 0 Å². The number of nitrogens with zero attached hydrogens (tertiary/aromatic N) is 1. The third-order valence-electron chi connectivity index (χ3n) is 2.97. The fraction of sp³-hybridized carbons (Fsp3) is 0.800. The maximum absolute atomic E-state index is 12.0. The van der Waals surface area contributed by atoms with E-state index in [9.17, 15) is 13.2 Å². The van der Waals surface area contributed by atoms with Gasteiger partial charge in [0, 0.05) is 19.0 Å². The van der Waals surface area contributed by atoms with Gasteiger partial charge < -0.3 is 10.5 Å². The molecule has 0 amide bonds. The molecular formula is C10H18N2O4S2. The van der Waals surface area contributed by atoms with Crippen LogP contribution < -0.4 is 5.73 Å². The number of ether oxygens (including phenoxy) is 1. The Kier molecular flexibility index (Phi) is 5.48. The first-order valence-corrected chi connectivity index (χ1v) is 7.72. The second kappa shape index (κ2) is 6.44. The van der Waals surface area contributed by atoms with E-state index >= 15 is 0 Å². The minimum atomic E-state index is -3.44. The Morgan fingerprint density at radius 3 is 2.78 bits per heavy atom. The van der Waals surface area contributed by atoms with Crippen LogP contribution in [0.25, 0.3) is 0 Å². The fourth-order valence-corrected chi connectivity index (χ4v) is 3.56. The number of methoxy groups -OCH3 is 1. The minimum Gasteiger partial charge on any atom is -0.469 e. The summed E-state index contributed by atoms with van der Waals surface area (Å²) in [5.74, 6) is -0.827. The average molecular weight is 294 g/mol. The Morgan fingerprint density at radius 2 is 2.22 bits per heavy atom. The molecule has 0 aliphatic carbocycles. The van der Waals surface area contributed by atoms with E-state index in [0.717, 1.165) is 12.8 Å². The van der Waals surface area contributed by atoms with Gasteiger partial charge in [-0.3, -0.25) is 4.79 Å². The van der Waals surface area contributed by atoms with Crippen LogP contribution in [0.3, 0.4) is 0 Å². The standard InChI is InChI=1S/C10H18N2O4S2/c1-16-9(13)4-6-18(14,15)12-5-2-3-8(7-12)10(11)17/h8H,2-7H2,1H3,(H2,11,17). The van der Waals surface area contributed by atoms with Gasteiger partial charge in [-0.1, -0.05) is 12.2 Å². The first kappa shape index (κ1) is 15.3. The van der Waals surface area contributed by atoms with Gasteiger partial charge in [0.2, 0.25) is 10.0 Å². The molecule has 1 rings (SSSR count). The molecule has 104 valence electrons. The maximum Gasteiger partial charge on any atom is 0.306 e. The zero-order valence-electron chi connectivity index (χ0n) is 10.3. The zero-order chi connectivity index (χ0) is 13.8. The predicted molar refractivity (Wildman–Crippen MR) is 71.5 cm³/mol. The van der Waals surface area contributed by atoms with Gasteiger partial charge in [0.25, 0.3) is 0 Å². The highest BCUT2D eigenvalue weighted by molar-refractivity contribution is 7.89. The van der Waals surface area contributed by atoms with Crippen molar-refractivity contribution in [2.24, 2.45) is 11.7 Å². The summed E-state index contributed by atoms with van der Waals surface area (Å²) >= 11 is 4.90. The molecule has 1 unspecified atom stereocenters. The lowest BCUT2D eigenvalue weighted by Gasteiger charge is -2.31. The van der Waals surface area contributed by atoms with Crippen molar-refractivity contribution in [3.05, 3.63) is 0 Å². The number of rotatable bonds is 5. The number of hydrogen-bond donors (Lipinski definition) is 1. The topological polar surface area (TPSA) is 89.7 Å². The van der Waals surface area contributed by atoms with E-state index in [1.54, 1.807) is 0 Å². The molecule has 1 heterocycles. The van der Waals surface area contributed by atoms with Gasteiger partial charge in [0.15, 0.2) is 0 Å². The third-order valence-corrected chi connectivity index (χ3v) is 5.14. The van der Waals surface area contributed by atoms with Crippen molar-refractivity contribution in [3.63, 3.8) is 0 Å². The number of hydrogen-bond acceptors (Lipinski definition) is 5. The fourth-order valence-electron chi connectivity index (χ4n) is 1.87. The monoisotopic (exact) mass is 294 g/mol. The van der Waals surface area contributed by atoms with E-state index in [0.29, 0.717) is 18.1 Å². The van der Waals surface area contributed by atoms with Crippen LogP contribution in [-0.4, -0.2) is 49.6 Å². The molecule has 0 bridgehead atoms. The normalized spacial score (nSPS) is 21.5. The molecule has 1 aliphatic heterocycles. The summed E-state index contributed by atoms with van der Waals surface area (Å²) in [5.41, 5.74) is 5.55. The van der Waals surface area contributed by atoms with Gasteiger partial charge >= 0.3 is 5.97 Å². The predicted octanol–water partition coefficient (Wildman–Crippen LogP) is -0.123. The van der Waals surface area contributed by atoms with E-state index in [-0.39, 0.29) is 18.1 Å². The van der Waals surface area contributed by atoms with E-state index in [2.05, 4.69) is 4.74 Å². The SMILES string of the molecule is COC(=O)CCS(=O)(=O)N1CCCC(C(N)=S)C1. The Hall–Kier alpha value is -0.730. The lowest BCUT2D eigenvalue weighted by Crippen LogP contribution is -2.44. The molecule has 1 saturated heterocycles. The largest absolute Gasteiger partial charge is 0.469 e. The highest BCUT2D eigenvalue weighted by atomic mass is 32.2. The van der Waals surface area contributed by atoms with E-state index < -0.39 is 16.0 Å². The number of nitrogens with two attached hydrogens (primary N) is 1. The van der Waals surface area contributed by atoms with Crippen molar-refractivity contribution >= 4 is 33.2 Å². The first-order chi connectivity index (χ1) is 8.36. The van der Waals surface area contributed by atoms with Crippen molar-refractivity contribution in [1.82, 2.24) is 4.31 Å². The van der Waals surface area contributed by atoms with Gasteiger partial charge in [-0.25, -0.2) is 12.7 Å². The summed E-state index contributed by atoms with van der Waals surface area (Å²) in [5, 5.41) is 0. The molecular weight excluding hydrogens is 276 g/mol. The molecule has 0 radical (unpaired) electrons. The van der Waals surface area contributed by atoms with Crippen molar-refractivity contribution in [2.45, 2.75) is 19.3 Å². The molecule has 0 aromatic rings. The van der Waals surface area contributed by atoms with E-state index in [1.165, 1.54) is 11.4 Å². The molecule has 2 N–H and O–H groups in total. The quantitative estimate of drug-likeness (QED) is 0.561. The van der Waals surface area contributed by atoms with Crippen molar-refractivity contribution in [1.29, 1.82) is 0 Å².